The molecule has 0 bridgehead atoms. The van der Waals surface area contributed by atoms with Crippen LogP contribution in [0.25, 0.3) is 0 Å². The second-order valence-corrected chi connectivity index (χ2v) is 8.33. The lowest BCUT2D eigenvalue weighted by Crippen LogP contribution is -2.17. The van der Waals surface area contributed by atoms with E-state index in [1.54, 1.807) is 0 Å². The first-order chi connectivity index (χ1) is 10.8. The number of aldehydes is 1. The standard InChI is InChI=1S/C22H40O/c1-7-8-9-12-19(2)13-10-14-20(3)17-21(4)18-22(5,6)15-11-16-23/h7,12,16,20-21H,1,8-11,13-15,17-18H2,2-6H3. The average molecular weight is 321 g/mol. The summed E-state index contributed by atoms with van der Waals surface area (Å²) in [5.41, 5.74) is 1.83. The first-order valence-electron chi connectivity index (χ1n) is 9.51. The molecule has 0 aromatic rings. The maximum Gasteiger partial charge on any atom is 0.120 e. The molecule has 0 aliphatic rings. The minimum atomic E-state index is 0.296. The molecule has 2 atom stereocenters. The van der Waals surface area contributed by atoms with E-state index < -0.39 is 0 Å². The summed E-state index contributed by atoms with van der Waals surface area (Å²) < 4.78 is 0. The van der Waals surface area contributed by atoms with Gasteiger partial charge < -0.3 is 4.79 Å². The third-order valence-electron chi connectivity index (χ3n) is 4.78. The SMILES string of the molecule is C=CCCC=C(C)CCCC(C)CC(C)CC(C)(C)CCC=O. The van der Waals surface area contributed by atoms with Crippen LogP contribution in [0.4, 0.5) is 0 Å². The summed E-state index contributed by atoms with van der Waals surface area (Å²) in [6.45, 7) is 15.4. The van der Waals surface area contributed by atoms with Gasteiger partial charge in [0.1, 0.15) is 6.29 Å². The Morgan fingerprint density at radius 1 is 1.13 bits per heavy atom. The molecule has 0 heterocycles. The van der Waals surface area contributed by atoms with E-state index in [-0.39, 0.29) is 0 Å². The van der Waals surface area contributed by atoms with Crippen molar-refractivity contribution in [3.63, 3.8) is 0 Å². The van der Waals surface area contributed by atoms with E-state index in [1.807, 2.05) is 6.08 Å². The van der Waals surface area contributed by atoms with Crippen LogP contribution >= 0.6 is 0 Å². The van der Waals surface area contributed by atoms with Crippen LogP contribution in [0.5, 0.6) is 0 Å². The topological polar surface area (TPSA) is 17.1 Å². The van der Waals surface area contributed by atoms with Crippen LogP contribution in [0.2, 0.25) is 0 Å². The summed E-state index contributed by atoms with van der Waals surface area (Å²) >= 11 is 0. The summed E-state index contributed by atoms with van der Waals surface area (Å²) in [6.07, 6.45) is 15.8. The molecule has 0 aliphatic carbocycles. The van der Waals surface area contributed by atoms with E-state index in [1.165, 1.54) is 37.7 Å². The van der Waals surface area contributed by atoms with E-state index in [4.69, 9.17) is 0 Å². The summed E-state index contributed by atoms with van der Waals surface area (Å²) in [5, 5.41) is 0. The van der Waals surface area contributed by atoms with Crippen molar-refractivity contribution >= 4 is 6.29 Å². The number of carbonyl (C=O) groups is 1. The number of allylic oxidation sites excluding steroid dienone is 3. The van der Waals surface area contributed by atoms with E-state index in [9.17, 15) is 4.79 Å². The van der Waals surface area contributed by atoms with Crippen LogP contribution in [0.15, 0.2) is 24.3 Å². The predicted octanol–water partition coefficient (Wildman–Crippen LogP) is 7.13. The van der Waals surface area contributed by atoms with Gasteiger partial charge in [0.05, 0.1) is 0 Å². The smallest absolute Gasteiger partial charge is 0.120 e. The molecule has 23 heavy (non-hydrogen) atoms. The summed E-state index contributed by atoms with van der Waals surface area (Å²) in [7, 11) is 0. The van der Waals surface area contributed by atoms with Gasteiger partial charge in [-0.15, -0.1) is 6.58 Å². The molecule has 0 fully saturated rings. The first-order valence-corrected chi connectivity index (χ1v) is 9.51. The number of hydrogen-bond acceptors (Lipinski definition) is 1. The summed E-state index contributed by atoms with van der Waals surface area (Å²) in [6, 6.07) is 0. The normalized spacial score (nSPS) is 15.3. The summed E-state index contributed by atoms with van der Waals surface area (Å²) in [4.78, 5) is 10.6. The lowest BCUT2D eigenvalue weighted by Gasteiger charge is -2.29. The molecule has 0 aromatic carbocycles. The molecule has 2 unspecified atom stereocenters. The molecular formula is C22H40O. The second kappa shape index (κ2) is 12.6. The van der Waals surface area contributed by atoms with Crippen molar-refractivity contribution in [2.75, 3.05) is 0 Å². The second-order valence-electron chi connectivity index (χ2n) is 8.33. The zero-order valence-electron chi connectivity index (χ0n) is 16.4. The fourth-order valence-electron chi connectivity index (χ4n) is 3.66. The third kappa shape index (κ3) is 13.3. The highest BCUT2D eigenvalue weighted by molar-refractivity contribution is 5.49. The lowest BCUT2D eigenvalue weighted by molar-refractivity contribution is -0.108. The zero-order chi connectivity index (χ0) is 17.7. The van der Waals surface area contributed by atoms with Gasteiger partial charge in [-0.2, -0.15) is 0 Å². The molecule has 1 heteroatoms. The van der Waals surface area contributed by atoms with Gasteiger partial charge >= 0.3 is 0 Å². The van der Waals surface area contributed by atoms with E-state index in [0.29, 0.717) is 11.8 Å². The highest BCUT2D eigenvalue weighted by atomic mass is 16.1. The summed E-state index contributed by atoms with van der Waals surface area (Å²) in [5.74, 6) is 1.55. The van der Waals surface area contributed by atoms with Crippen molar-refractivity contribution in [1.82, 2.24) is 0 Å². The number of hydrogen-bond donors (Lipinski definition) is 0. The van der Waals surface area contributed by atoms with Crippen LogP contribution in [0.1, 0.15) is 92.4 Å². The van der Waals surface area contributed by atoms with Crippen molar-refractivity contribution < 1.29 is 4.79 Å². The molecule has 0 aliphatic heterocycles. The van der Waals surface area contributed by atoms with Crippen molar-refractivity contribution in [3.8, 4) is 0 Å². The van der Waals surface area contributed by atoms with Gasteiger partial charge in [0.15, 0.2) is 0 Å². The van der Waals surface area contributed by atoms with Gasteiger partial charge in [-0.3, -0.25) is 0 Å². The van der Waals surface area contributed by atoms with Crippen LogP contribution in [-0.2, 0) is 4.79 Å². The fraction of sp³-hybridized carbons (Fsp3) is 0.773. The van der Waals surface area contributed by atoms with Crippen molar-refractivity contribution in [2.45, 2.75) is 92.4 Å². The molecule has 0 aromatic heterocycles. The molecular weight excluding hydrogens is 280 g/mol. The number of rotatable bonds is 14. The van der Waals surface area contributed by atoms with Crippen molar-refractivity contribution in [3.05, 3.63) is 24.3 Å². The van der Waals surface area contributed by atoms with Gasteiger partial charge in [0.2, 0.25) is 0 Å². The Balaban J connectivity index is 3.95. The highest BCUT2D eigenvalue weighted by Crippen LogP contribution is 2.33. The van der Waals surface area contributed by atoms with Gasteiger partial charge in [-0.25, -0.2) is 0 Å². The Kier molecular flexibility index (Phi) is 12.1. The molecule has 134 valence electrons. The number of unbranched alkanes of at least 4 members (excludes halogenated alkanes) is 1. The molecule has 0 spiro atoms. The van der Waals surface area contributed by atoms with Crippen LogP contribution < -0.4 is 0 Å². The third-order valence-corrected chi connectivity index (χ3v) is 4.78. The van der Waals surface area contributed by atoms with Crippen LogP contribution in [0, 0.1) is 17.3 Å². The van der Waals surface area contributed by atoms with Crippen LogP contribution in [0.3, 0.4) is 0 Å². The van der Waals surface area contributed by atoms with Gasteiger partial charge in [-0.1, -0.05) is 51.8 Å². The maximum absolute atomic E-state index is 10.6. The molecule has 0 rings (SSSR count). The quantitative estimate of drug-likeness (QED) is 0.189. The molecule has 0 saturated carbocycles. The molecule has 0 amide bonds. The van der Waals surface area contributed by atoms with Crippen molar-refractivity contribution in [1.29, 1.82) is 0 Å². The Morgan fingerprint density at radius 3 is 2.43 bits per heavy atom. The fourth-order valence-corrected chi connectivity index (χ4v) is 3.66. The largest absolute Gasteiger partial charge is 0.303 e. The van der Waals surface area contributed by atoms with Gasteiger partial charge in [0.25, 0.3) is 0 Å². The van der Waals surface area contributed by atoms with E-state index >= 15 is 0 Å². The molecule has 0 N–H and O–H groups in total. The predicted molar refractivity (Wildman–Crippen MR) is 104 cm³/mol. The van der Waals surface area contributed by atoms with Gasteiger partial charge in [-0.05, 0) is 69.1 Å². The van der Waals surface area contributed by atoms with Gasteiger partial charge in [0, 0.05) is 6.42 Å². The molecule has 0 saturated heterocycles. The zero-order valence-corrected chi connectivity index (χ0v) is 16.4. The van der Waals surface area contributed by atoms with Crippen molar-refractivity contribution in [2.24, 2.45) is 17.3 Å². The Labute approximate surface area is 145 Å². The molecule has 1 nitrogen and oxygen atoms in total. The Hall–Kier alpha value is -0.850. The minimum Gasteiger partial charge on any atom is -0.303 e. The average Bonchev–Trinajstić information content (AvgIpc) is 2.44. The Morgan fingerprint density at radius 2 is 1.83 bits per heavy atom. The molecule has 0 radical (unpaired) electrons. The maximum atomic E-state index is 10.6. The minimum absolute atomic E-state index is 0.296. The highest BCUT2D eigenvalue weighted by Gasteiger charge is 2.21. The monoisotopic (exact) mass is 320 g/mol. The number of carbonyl (C=O) groups excluding carboxylic acids is 1. The van der Waals surface area contributed by atoms with Crippen LogP contribution in [-0.4, -0.2) is 6.29 Å². The van der Waals surface area contributed by atoms with E-state index in [0.717, 1.165) is 37.4 Å². The first kappa shape index (κ1) is 22.1. The van der Waals surface area contributed by atoms with E-state index in [2.05, 4.69) is 47.3 Å². The lowest BCUT2D eigenvalue weighted by atomic mass is 9.77. The Bertz CT molecular complexity index is 351.